The molecule has 7 heteroatoms. The number of nitrogens with zero attached hydrogens (tertiary/aromatic N) is 2. The minimum Gasteiger partial charge on any atom is -0.494 e. The maximum atomic E-state index is 9.30. The number of benzene rings is 1. The van der Waals surface area contributed by atoms with Gasteiger partial charge in [-0.05, 0) is 6.07 Å². The lowest BCUT2D eigenvalue weighted by Crippen LogP contribution is -2.16. The molecule has 0 saturated heterocycles. The molecule has 0 aromatic carbocycles. The van der Waals surface area contributed by atoms with E-state index in [4.69, 9.17) is 20.6 Å². The van der Waals surface area contributed by atoms with Crippen molar-refractivity contribution >= 4 is 5.69 Å². The third-order valence-electron chi connectivity index (χ3n) is 2.44. The Labute approximate surface area is 96.8 Å². The van der Waals surface area contributed by atoms with Gasteiger partial charge in [0.2, 0.25) is 0 Å². The van der Waals surface area contributed by atoms with Crippen molar-refractivity contribution in [3.63, 3.8) is 0 Å². The van der Waals surface area contributed by atoms with Gasteiger partial charge in [-0.1, -0.05) is 0 Å². The van der Waals surface area contributed by atoms with Gasteiger partial charge < -0.3 is 20.4 Å². The molecule has 0 bridgehead atoms. The predicted molar refractivity (Wildman–Crippen MR) is 59.4 cm³/mol. The smallest absolute Gasteiger partial charge is 0.172 e. The predicted octanol–water partition coefficient (Wildman–Crippen LogP) is 0.304. The van der Waals surface area contributed by atoms with Crippen LogP contribution in [0.5, 0.6) is 11.5 Å². The number of ether oxygens (including phenoxy) is 2. The van der Waals surface area contributed by atoms with Crippen molar-refractivity contribution < 1.29 is 14.7 Å². The Kier molecular flexibility index (Phi) is 2.51. The number of methoxy groups -OCH3 is 2. The topological polar surface area (TPSA) is 106 Å². The Morgan fingerprint density at radius 1 is 1.35 bits per heavy atom. The van der Waals surface area contributed by atoms with Gasteiger partial charge in [0.1, 0.15) is 16.7 Å². The molecule has 0 fully saturated rings. The summed E-state index contributed by atoms with van der Waals surface area (Å²) in [5.74, 6) is 0.542. The summed E-state index contributed by atoms with van der Waals surface area (Å²) in [4.78, 5) is 0.646. The van der Waals surface area contributed by atoms with Crippen molar-refractivity contribution in [3.05, 3.63) is 17.6 Å². The second-order valence-corrected chi connectivity index (χ2v) is 3.35. The summed E-state index contributed by atoms with van der Waals surface area (Å²) < 4.78 is 10.2. The number of aromatic nitrogens is 2. The average molecular weight is 236 g/mol. The zero-order valence-electron chi connectivity index (χ0n) is 9.39. The van der Waals surface area contributed by atoms with Crippen LogP contribution >= 0.6 is 0 Å². The zero-order chi connectivity index (χ0) is 12.6. The van der Waals surface area contributed by atoms with E-state index in [1.807, 2.05) is 0 Å². The second kappa shape index (κ2) is 3.85. The minimum absolute atomic E-state index is 0.0364. The zero-order valence-corrected chi connectivity index (χ0v) is 9.39. The van der Waals surface area contributed by atoms with Gasteiger partial charge in [-0.25, -0.2) is 0 Å². The number of nitrogens with two attached hydrogens (primary N) is 1. The molecular formula is C10H12N4O3. The Balaban J connectivity index is 2.96. The monoisotopic (exact) mass is 236 g/mol. The van der Waals surface area contributed by atoms with E-state index < -0.39 is 0 Å². The highest BCUT2D eigenvalue weighted by Gasteiger charge is 2.22. The Hall–Kier alpha value is -2.44. The highest BCUT2D eigenvalue weighted by molar-refractivity contribution is 5.80. The van der Waals surface area contributed by atoms with Gasteiger partial charge in [-0.2, -0.15) is 0 Å². The van der Waals surface area contributed by atoms with Crippen molar-refractivity contribution in [2.75, 3.05) is 20.0 Å². The van der Waals surface area contributed by atoms with E-state index in [0.29, 0.717) is 21.9 Å². The molecule has 0 aromatic heterocycles. The Morgan fingerprint density at radius 3 is 2.59 bits per heavy atom. The Morgan fingerprint density at radius 2 is 2.00 bits per heavy atom. The molecule has 1 heterocycles. The first-order chi connectivity index (χ1) is 8.10. The van der Waals surface area contributed by atoms with Crippen LogP contribution in [0.15, 0.2) is 12.3 Å². The highest BCUT2D eigenvalue weighted by atomic mass is 16.5. The van der Waals surface area contributed by atoms with Crippen LogP contribution in [-0.4, -0.2) is 29.4 Å². The first-order valence-corrected chi connectivity index (χ1v) is 4.77. The van der Waals surface area contributed by atoms with Gasteiger partial charge in [0, 0.05) is 0 Å². The van der Waals surface area contributed by atoms with Crippen LogP contribution in [0.3, 0.4) is 0 Å². The summed E-state index contributed by atoms with van der Waals surface area (Å²) in [5, 5.41) is 21.0. The van der Waals surface area contributed by atoms with Crippen LogP contribution in [0, 0.1) is 5.41 Å². The average Bonchev–Trinajstić information content (AvgIpc) is 2.32. The van der Waals surface area contributed by atoms with E-state index in [0.717, 1.165) is 0 Å². The Bertz CT molecular complexity index is 593. The molecule has 0 atom stereocenters. The molecule has 90 valence electrons. The van der Waals surface area contributed by atoms with E-state index in [9.17, 15) is 5.21 Å². The molecule has 2 rings (SSSR count). The number of nitrogen functional groups attached to an aromatic ring is 1. The number of hydrogen-bond acceptors (Lipinski definition) is 6. The van der Waals surface area contributed by atoms with Crippen LogP contribution in [0.25, 0.3) is 11.3 Å². The summed E-state index contributed by atoms with van der Waals surface area (Å²) in [6.07, 6.45) is 1.33. The summed E-state index contributed by atoms with van der Waals surface area (Å²) in [6, 6.07) is 1.57. The molecule has 1 aliphatic heterocycles. The van der Waals surface area contributed by atoms with E-state index in [1.165, 1.54) is 20.4 Å². The summed E-state index contributed by atoms with van der Waals surface area (Å²) in [6.45, 7) is 0. The van der Waals surface area contributed by atoms with Crippen molar-refractivity contribution in [1.29, 1.82) is 5.41 Å². The first-order valence-electron chi connectivity index (χ1n) is 4.77. The molecule has 0 unspecified atom stereocenters. The van der Waals surface area contributed by atoms with Crippen LogP contribution in [0.4, 0.5) is 5.69 Å². The molecular weight excluding hydrogens is 224 g/mol. The SMILES string of the molecule is COc1c2nn(O)ccc-2c(OC)c(=N)c1N. The van der Waals surface area contributed by atoms with Gasteiger partial charge >= 0.3 is 0 Å². The molecule has 4 N–H and O–H groups in total. The van der Waals surface area contributed by atoms with Crippen LogP contribution in [0.2, 0.25) is 0 Å². The standard InChI is InChI=1S/C10H12N4O3/c1-16-9-5-3-4-14(15)13-8(5)10(17-2)7(12)6(9)11/h3-4,11,15H,12H2,1-2H3. The number of fused-ring (bicyclic) bond motifs is 1. The van der Waals surface area contributed by atoms with Crippen molar-refractivity contribution in [2.24, 2.45) is 0 Å². The van der Waals surface area contributed by atoms with Crippen molar-refractivity contribution in [2.45, 2.75) is 0 Å². The number of anilines is 1. The van der Waals surface area contributed by atoms with Crippen LogP contribution < -0.4 is 20.6 Å². The normalized spacial score (nSPS) is 10.5. The van der Waals surface area contributed by atoms with E-state index in [-0.39, 0.29) is 16.8 Å². The fourth-order valence-corrected chi connectivity index (χ4v) is 1.68. The molecule has 1 aliphatic carbocycles. The first kappa shape index (κ1) is 11.1. The van der Waals surface area contributed by atoms with Gasteiger partial charge in [0.15, 0.2) is 11.5 Å². The number of rotatable bonds is 2. The third-order valence-corrected chi connectivity index (χ3v) is 2.44. The summed E-state index contributed by atoms with van der Waals surface area (Å²) >= 11 is 0. The lowest BCUT2D eigenvalue weighted by atomic mass is 10.1. The largest absolute Gasteiger partial charge is 0.494 e. The highest BCUT2D eigenvalue weighted by Crippen LogP contribution is 2.37. The quantitative estimate of drug-likeness (QED) is 0.513. The lowest BCUT2D eigenvalue weighted by Gasteiger charge is -2.16. The lowest BCUT2D eigenvalue weighted by molar-refractivity contribution is 0.144. The van der Waals surface area contributed by atoms with Crippen LogP contribution in [-0.2, 0) is 0 Å². The molecule has 7 nitrogen and oxygen atoms in total. The molecule has 0 radical (unpaired) electrons. The number of hydrogen-bond donors (Lipinski definition) is 3. The molecule has 0 amide bonds. The van der Waals surface area contributed by atoms with E-state index >= 15 is 0 Å². The number of nitrogens with one attached hydrogen (secondary N) is 1. The molecule has 0 spiro atoms. The molecule has 2 aliphatic rings. The van der Waals surface area contributed by atoms with Crippen molar-refractivity contribution in [1.82, 2.24) is 9.94 Å². The van der Waals surface area contributed by atoms with Crippen molar-refractivity contribution in [3.8, 4) is 22.8 Å². The summed E-state index contributed by atoms with van der Waals surface area (Å²) in [5.41, 5.74) is 6.77. The maximum Gasteiger partial charge on any atom is 0.172 e. The van der Waals surface area contributed by atoms with E-state index in [2.05, 4.69) is 5.10 Å². The third kappa shape index (κ3) is 1.52. The second-order valence-electron chi connectivity index (χ2n) is 3.35. The fraction of sp³-hybridized carbons (Fsp3) is 0.200. The van der Waals surface area contributed by atoms with Crippen LogP contribution in [0.1, 0.15) is 0 Å². The minimum atomic E-state index is 0.0364. The molecule has 0 saturated carbocycles. The van der Waals surface area contributed by atoms with E-state index in [1.54, 1.807) is 6.07 Å². The fourth-order valence-electron chi connectivity index (χ4n) is 1.68. The summed E-state index contributed by atoms with van der Waals surface area (Å²) in [7, 11) is 2.87. The maximum absolute atomic E-state index is 9.30. The molecule has 17 heavy (non-hydrogen) atoms. The van der Waals surface area contributed by atoms with Gasteiger partial charge in [0.25, 0.3) is 0 Å². The van der Waals surface area contributed by atoms with Gasteiger partial charge in [0.05, 0.1) is 26.0 Å². The molecule has 0 aromatic rings. The van der Waals surface area contributed by atoms with Gasteiger partial charge in [-0.3, -0.25) is 5.41 Å². The van der Waals surface area contributed by atoms with Gasteiger partial charge in [-0.15, -0.1) is 9.94 Å².